The molecule has 0 fully saturated rings. The number of halogens is 1. The first kappa shape index (κ1) is 16.4. The first-order chi connectivity index (χ1) is 12.6. The fraction of sp³-hybridized carbons (Fsp3) is 0.0476. The van der Waals surface area contributed by atoms with Gasteiger partial charge in [-0.05, 0) is 17.5 Å². The van der Waals surface area contributed by atoms with E-state index in [2.05, 4.69) is 0 Å². The maximum atomic E-state index is 13.1. The molecule has 128 valence electrons. The molecule has 1 aliphatic heterocycles. The van der Waals surface area contributed by atoms with Crippen LogP contribution >= 0.6 is 11.6 Å². The highest BCUT2D eigenvalue weighted by atomic mass is 35.5. The molecule has 0 saturated heterocycles. The average Bonchev–Trinajstić information content (AvgIpc) is 2.90. The Kier molecular flexibility index (Phi) is 3.98. The van der Waals surface area contributed by atoms with Crippen LogP contribution in [-0.2, 0) is 9.59 Å². The van der Waals surface area contributed by atoms with Crippen LogP contribution in [0.15, 0.2) is 71.8 Å². The van der Waals surface area contributed by atoms with Crippen molar-refractivity contribution in [2.24, 2.45) is 0 Å². The minimum absolute atomic E-state index is 0.104. The van der Waals surface area contributed by atoms with Gasteiger partial charge in [0.25, 0.3) is 11.8 Å². The van der Waals surface area contributed by atoms with Gasteiger partial charge in [0.05, 0.1) is 18.4 Å². The number of rotatable bonds is 3. The second kappa shape index (κ2) is 6.32. The monoisotopic (exact) mass is 363 g/mol. The Balaban J connectivity index is 1.88. The smallest absolute Gasteiger partial charge is 0.277 e. The topological polar surface area (TPSA) is 46.6 Å². The van der Waals surface area contributed by atoms with Crippen molar-refractivity contribution in [3.8, 4) is 5.75 Å². The van der Waals surface area contributed by atoms with Crippen LogP contribution in [0.4, 0.5) is 5.69 Å². The molecule has 0 bridgehead atoms. The number of hydrogen-bond donors (Lipinski definition) is 0. The predicted molar refractivity (Wildman–Crippen MR) is 102 cm³/mol. The van der Waals surface area contributed by atoms with Crippen molar-refractivity contribution in [1.29, 1.82) is 0 Å². The number of ether oxygens (including phenoxy) is 1. The molecule has 1 aliphatic rings. The van der Waals surface area contributed by atoms with Gasteiger partial charge in [0, 0.05) is 10.9 Å². The SMILES string of the molecule is COc1ccccc1C1=C(Cl)C(=O)N(c2cccc3ccccc23)C1=O. The van der Waals surface area contributed by atoms with Gasteiger partial charge in [0.15, 0.2) is 0 Å². The fourth-order valence-electron chi connectivity index (χ4n) is 3.21. The third-order valence-electron chi connectivity index (χ3n) is 4.41. The number of anilines is 1. The standard InChI is InChI=1S/C21H14ClNO3/c1-26-17-12-5-4-10-15(17)18-19(22)21(25)23(20(18)24)16-11-6-8-13-7-2-3-9-14(13)16/h2-12H,1H3. The van der Waals surface area contributed by atoms with Gasteiger partial charge in [-0.2, -0.15) is 0 Å². The molecule has 3 aromatic rings. The number of carbonyl (C=O) groups excluding carboxylic acids is 2. The van der Waals surface area contributed by atoms with Crippen molar-refractivity contribution < 1.29 is 14.3 Å². The maximum Gasteiger partial charge on any atom is 0.277 e. The lowest BCUT2D eigenvalue weighted by Gasteiger charge is -2.17. The molecule has 0 unspecified atom stereocenters. The molecule has 1 heterocycles. The van der Waals surface area contributed by atoms with E-state index in [0.717, 1.165) is 15.7 Å². The Morgan fingerprint density at radius 1 is 0.846 bits per heavy atom. The van der Waals surface area contributed by atoms with Crippen molar-refractivity contribution in [2.45, 2.75) is 0 Å². The van der Waals surface area contributed by atoms with Gasteiger partial charge in [-0.3, -0.25) is 9.59 Å². The summed E-state index contributed by atoms with van der Waals surface area (Å²) in [5.74, 6) is -0.503. The van der Waals surface area contributed by atoms with Crippen LogP contribution in [0.3, 0.4) is 0 Å². The third kappa shape index (κ3) is 2.38. The molecule has 0 saturated carbocycles. The zero-order valence-electron chi connectivity index (χ0n) is 13.9. The zero-order chi connectivity index (χ0) is 18.3. The van der Waals surface area contributed by atoms with Gasteiger partial charge in [-0.15, -0.1) is 0 Å². The molecule has 0 spiro atoms. The van der Waals surface area contributed by atoms with E-state index in [1.165, 1.54) is 7.11 Å². The minimum Gasteiger partial charge on any atom is -0.496 e. The molecular weight excluding hydrogens is 350 g/mol. The van der Waals surface area contributed by atoms with E-state index in [1.54, 1.807) is 30.3 Å². The van der Waals surface area contributed by atoms with Crippen molar-refractivity contribution in [3.05, 3.63) is 77.3 Å². The Morgan fingerprint density at radius 3 is 2.35 bits per heavy atom. The number of hydrogen-bond acceptors (Lipinski definition) is 3. The number of benzene rings is 3. The van der Waals surface area contributed by atoms with Gasteiger partial charge in [0.2, 0.25) is 0 Å². The lowest BCUT2D eigenvalue weighted by molar-refractivity contribution is -0.119. The van der Waals surface area contributed by atoms with Crippen molar-refractivity contribution in [2.75, 3.05) is 12.0 Å². The van der Waals surface area contributed by atoms with Gasteiger partial charge in [-0.25, -0.2) is 4.90 Å². The first-order valence-electron chi connectivity index (χ1n) is 8.03. The van der Waals surface area contributed by atoms with Gasteiger partial charge >= 0.3 is 0 Å². The summed E-state index contributed by atoms with van der Waals surface area (Å²) in [5.41, 5.74) is 1.17. The molecule has 0 aromatic heterocycles. The number of methoxy groups -OCH3 is 1. The lowest BCUT2D eigenvalue weighted by Crippen LogP contribution is -2.31. The van der Waals surface area contributed by atoms with Crippen molar-refractivity contribution in [3.63, 3.8) is 0 Å². The summed E-state index contributed by atoms with van der Waals surface area (Å²) >= 11 is 6.29. The highest BCUT2D eigenvalue weighted by Crippen LogP contribution is 2.40. The van der Waals surface area contributed by atoms with Crippen LogP contribution in [0.1, 0.15) is 5.56 Å². The molecule has 3 aromatic carbocycles. The highest BCUT2D eigenvalue weighted by Gasteiger charge is 2.40. The van der Waals surface area contributed by atoms with Crippen LogP contribution in [-0.4, -0.2) is 18.9 Å². The van der Waals surface area contributed by atoms with Crippen LogP contribution in [0.5, 0.6) is 5.75 Å². The van der Waals surface area contributed by atoms with E-state index >= 15 is 0 Å². The van der Waals surface area contributed by atoms with E-state index in [1.807, 2.05) is 36.4 Å². The number of imide groups is 1. The molecule has 0 N–H and O–H groups in total. The number of para-hydroxylation sites is 1. The van der Waals surface area contributed by atoms with E-state index in [9.17, 15) is 9.59 Å². The molecular formula is C21H14ClNO3. The Labute approximate surface area is 155 Å². The summed E-state index contributed by atoms with van der Waals surface area (Å²) in [7, 11) is 1.51. The summed E-state index contributed by atoms with van der Waals surface area (Å²) in [4.78, 5) is 27.1. The summed E-state index contributed by atoms with van der Waals surface area (Å²) < 4.78 is 5.33. The summed E-state index contributed by atoms with van der Waals surface area (Å²) in [5, 5.41) is 1.64. The lowest BCUT2D eigenvalue weighted by atomic mass is 10.0. The number of nitrogens with zero attached hydrogens (tertiary/aromatic N) is 1. The quantitative estimate of drug-likeness (QED) is 0.649. The summed E-state index contributed by atoms with van der Waals surface area (Å²) in [6.07, 6.45) is 0. The van der Waals surface area contributed by atoms with Crippen LogP contribution in [0, 0.1) is 0 Å². The Morgan fingerprint density at radius 2 is 1.54 bits per heavy atom. The molecule has 4 rings (SSSR count). The minimum atomic E-state index is -0.533. The van der Waals surface area contributed by atoms with Gasteiger partial charge in [0.1, 0.15) is 10.8 Å². The molecule has 4 nitrogen and oxygen atoms in total. The molecule has 26 heavy (non-hydrogen) atoms. The van der Waals surface area contributed by atoms with E-state index in [0.29, 0.717) is 17.0 Å². The number of carbonyl (C=O) groups is 2. The predicted octanol–water partition coefficient (Wildman–Crippen LogP) is 4.37. The molecule has 0 atom stereocenters. The normalized spacial score (nSPS) is 14.5. The van der Waals surface area contributed by atoms with E-state index in [4.69, 9.17) is 16.3 Å². The first-order valence-corrected chi connectivity index (χ1v) is 8.41. The largest absolute Gasteiger partial charge is 0.496 e. The summed E-state index contributed by atoms with van der Waals surface area (Å²) in [6.45, 7) is 0. The fourth-order valence-corrected chi connectivity index (χ4v) is 3.48. The maximum absolute atomic E-state index is 13.1. The van der Waals surface area contributed by atoms with Crippen LogP contribution in [0.25, 0.3) is 16.3 Å². The molecule has 0 radical (unpaired) electrons. The highest BCUT2D eigenvalue weighted by molar-refractivity contribution is 6.60. The van der Waals surface area contributed by atoms with Gasteiger partial charge < -0.3 is 4.74 Å². The molecule has 2 amide bonds. The van der Waals surface area contributed by atoms with Crippen molar-refractivity contribution in [1.82, 2.24) is 0 Å². The number of amides is 2. The van der Waals surface area contributed by atoms with Gasteiger partial charge in [-0.1, -0.05) is 66.2 Å². The summed E-state index contributed by atoms with van der Waals surface area (Å²) in [6, 6.07) is 20.1. The Hall–Kier alpha value is -3.11. The van der Waals surface area contributed by atoms with Crippen molar-refractivity contribution >= 4 is 45.4 Å². The zero-order valence-corrected chi connectivity index (χ0v) is 14.7. The van der Waals surface area contributed by atoms with Crippen LogP contribution in [0.2, 0.25) is 0 Å². The van der Waals surface area contributed by atoms with E-state index < -0.39 is 11.8 Å². The average molecular weight is 364 g/mol. The number of fused-ring (bicyclic) bond motifs is 1. The second-order valence-corrected chi connectivity index (χ2v) is 6.21. The molecule has 0 aliphatic carbocycles. The third-order valence-corrected chi connectivity index (χ3v) is 4.76. The second-order valence-electron chi connectivity index (χ2n) is 5.83. The van der Waals surface area contributed by atoms with E-state index in [-0.39, 0.29) is 10.6 Å². The molecule has 5 heteroatoms. The van der Waals surface area contributed by atoms with Crippen LogP contribution < -0.4 is 9.64 Å². The Bertz CT molecular complexity index is 1080.